The van der Waals surface area contributed by atoms with E-state index < -0.39 is 11.7 Å². The van der Waals surface area contributed by atoms with Crippen LogP contribution in [0.1, 0.15) is 34.1 Å². The van der Waals surface area contributed by atoms with Gasteiger partial charge in [-0.05, 0) is 33.8 Å². The molecule has 0 aromatic carbocycles. The fourth-order valence-corrected chi connectivity index (χ4v) is 3.03. The molecule has 186 valence electrons. The monoisotopic (exact) mass is 576 g/mol. The van der Waals surface area contributed by atoms with E-state index in [0.29, 0.717) is 70.7 Å². The topological polar surface area (TPSA) is 124 Å². The highest BCUT2D eigenvalue weighted by Crippen LogP contribution is 2.10. The average molecular weight is 576 g/mol. The van der Waals surface area contributed by atoms with E-state index >= 15 is 0 Å². The number of guanidine groups is 1. The molecule has 33 heavy (non-hydrogen) atoms. The lowest BCUT2D eigenvalue weighted by Crippen LogP contribution is -2.49. The van der Waals surface area contributed by atoms with E-state index in [4.69, 9.17) is 4.74 Å². The predicted molar refractivity (Wildman–Crippen MR) is 139 cm³/mol. The van der Waals surface area contributed by atoms with E-state index in [9.17, 15) is 9.59 Å². The number of anilines is 1. The molecule has 3 N–H and O–H groups in total. The van der Waals surface area contributed by atoms with Crippen LogP contribution in [0.4, 0.5) is 10.7 Å². The molecule has 0 saturated carbocycles. The maximum atomic E-state index is 12.5. The van der Waals surface area contributed by atoms with Crippen molar-refractivity contribution in [3.05, 3.63) is 18.5 Å². The predicted octanol–water partition coefficient (Wildman–Crippen LogP) is 1.21. The standard InChI is InChI=1S/C21H36N8O3.HI/c1-5-22-18(24-11-12-27-20(31)32-21(2,3)4)23-10-7-17(30)28-13-15-29(16-14-28)19-25-8-6-9-26-19;/h6,8-9H,5,7,10-16H2,1-4H3,(H,27,31)(H2,22,23,24);1H. The first-order valence-corrected chi connectivity index (χ1v) is 11.1. The number of carbonyl (C=O) groups is 2. The first kappa shape index (κ1) is 28.7. The van der Waals surface area contributed by atoms with Crippen molar-refractivity contribution in [1.29, 1.82) is 0 Å². The summed E-state index contributed by atoms with van der Waals surface area (Å²) >= 11 is 0. The third-order valence-electron chi connectivity index (χ3n) is 4.49. The number of rotatable bonds is 8. The van der Waals surface area contributed by atoms with Crippen LogP contribution < -0.4 is 20.9 Å². The van der Waals surface area contributed by atoms with Gasteiger partial charge in [0.25, 0.3) is 0 Å². The molecular formula is C21H37IN8O3. The van der Waals surface area contributed by atoms with Gasteiger partial charge in [-0.2, -0.15) is 0 Å². The molecule has 11 nitrogen and oxygen atoms in total. The molecule has 1 aromatic heterocycles. The Labute approximate surface area is 213 Å². The Morgan fingerprint density at radius 1 is 1.06 bits per heavy atom. The third kappa shape index (κ3) is 11.3. The summed E-state index contributed by atoms with van der Waals surface area (Å²) in [5.41, 5.74) is -0.525. The zero-order chi connectivity index (χ0) is 23.4. The van der Waals surface area contributed by atoms with Crippen LogP contribution in [0.5, 0.6) is 0 Å². The zero-order valence-electron chi connectivity index (χ0n) is 20.0. The van der Waals surface area contributed by atoms with Gasteiger partial charge in [-0.1, -0.05) is 0 Å². The molecule has 0 atom stereocenters. The number of carbonyl (C=O) groups excluding carboxylic acids is 2. The van der Waals surface area contributed by atoms with E-state index in [1.54, 1.807) is 18.5 Å². The smallest absolute Gasteiger partial charge is 0.407 e. The van der Waals surface area contributed by atoms with Crippen molar-refractivity contribution in [2.45, 2.75) is 39.7 Å². The number of piperazine rings is 1. The summed E-state index contributed by atoms with van der Waals surface area (Å²) in [6.07, 6.45) is 3.34. The second-order valence-corrected chi connectivity index (χ2v) is 8.28. The van der Waals surface area contributed by atoms with Gasteiger partial charge >= 0.3 is 6.09 Å². The van der Waals surface area contributed by atoms with Crippen LogP contribution in [0.2, 0.25) is 0 Å². The second kappa shape index (κ2) is 14.7. The lowest BCUT2D eigenvalue weighted by atomic mass is 10.2. The number of aromatic nitrogens is 2. The minimum Gasteiger partial charge on any atom is -0.444 e. The number of ether oxygens (including phenoxy) is 1. The highest BCUT2D eigenvalue weighted by Gasteiger charge is 2.22. The largest absolute Gasteiger partial charge is 0.444 e. The second-order valence-electron chi connectivity index (χ2n) is 8.28. The van der Waals surface area contributed by atoms with Gasteiger partial charge in [0.1, 0.15) is 5.60 Å². The Kier molecular flexibility index (Phi) is 12.8. The van der Waals surface area contributed by atoms with Crippen LogP contribution in [0, 0.1) is 0 Å². The van der Waals surface area contributed by atoms with Gasteiger partial charge in [0.2, 0.25) is 11.9 Å². The Balaban J connectivity index is 0.00000544. The molecule has 2 rings (SSSR count). The van der Waals surface area contributed by atoms with E-state index in [1.807, 2.05) is 32.6 Å². The molecule has 2 amide bonds. The number of nitrogens with zero attached hydrogens (tertiary/aromatic N) is 5. The van der Waals surface area contributed by atoms with Gasteiger partial charge in [0.15, 0.2) is 5.96 Å². The summed E-state index contributed by atoms with van der Waals surface area (Å²) in [4.78, 5) is 41.1. The molecule has 0 bridgehead atoms. The SMILES string of the molecule is CCNC(=NCCC(=O)N1CCN(c2ncccn2)CC1)NCCNC(=O)OC(C)(C)C.I. The molecule has 1 aromatic rings. The van der Waals surface area contributed by atoms with Gasteiger partial charge < -0.3 is 30.5 Å². The molecule has 0 unspecified atom stereocenters. The van der Waals surface area contributed by atoms with Crippen molar-refractivity contribution in [3.63, 3.8) is 0 Å². The molecule has 12 heteroatoms. The van der Waals surface area contributed by atoms with Crippen LogP contribution >= 0.6 is 24.0 Å². The van der Waals surface area contributed by atoms with Crippen molar-refractivity contribution in [2.75, 3.05) is 57.3 Å². The van der Waals surface area contributed by atoms with Crippen molar-refractivity contribution >= 4 is 47.9 Å². The minimum atomic E-state index is -0.525. The van der Waals surface area contributed by atoms with Gasteiger partial charge in [-0.15, -0.1) is 24.0 Å². The molecule has 1 fully saturated rings. The van der Waals surface area contributed by atoms with Gasteiger partial charge in [-0.25, -0.2) is 14.8 Å². The highest BCUT2D eigenvalue weighted by atomic mass is 127. The quantitative estimate of drug-likeness (QED) is 0.183. The van der Waals surface area contributed by atoms with Gasteiger partial charge in [0, 0.05) is 64.6 Å². The van der Waals surface area contributed by atoms with E-state index in [2.05, 4.69) is 35.8 Å². The van der Waals surface area contributed by atoms with Crippen LogP contribution in [0.3, 0.4) is 0 Å². The van der Waals surface area contributed by atoms with Crippen molar-refractivity contribution in [3.8, 4) is 0 Å². The number of hydrogen-bond donors (Lipinski definition) is 3. The lowest BCUT2D eigenvalue weighted by molar-refractivity contribution is -0.131. The Bertz CT molecular complexity index is 750. The van der Waals surface area contributed by atoms with E-state index in [1.165, 1.54) is 0 Å². The van der Waals surface area contributed by atoms with Crippen LogP contribution in [0.25, 0.3) is 0 Å². The molecule has 1 saturated heterocycles. The fourth-order valence-electron chi connectivity index (χ4n) is 3.03. The average Bonchev–Trinajstić information content (AvgIpc) is 2.76. The van der Waals surface area contributed by atoms with Crippen LogP contribution in [0.15, 0.2) is 23.5 Å². The van der Waals surface area contributed by atoms with Crippen LogP contribution in [-0.4, -0.2) is 90.8 Å². The van der Waals surface area contributed by atoms with Gasteiger partial charge in [-0.3, -0.25) is 9.79 Å². The lowest BCUT2D eigenvalue weighted by Gasteiger charge is -2.34. The van der Waals surface area contributed by atoms with Crippen molar-refractivity contribution in [2.24, 2.45) is 4.99 Å². The maximum Gasteiger partial charge on any atom is 0.407 e. The molecule has 2 heterocycles. The highest BCUT2D eigenvalue weighted by molar-refractivity contribution is 14.0. The number of alkyl carbamates (subject to hydrolysis) is 1. The summed E-state index contributed by atoms with van der Waals surface area (Å²) in [7, 11) is 0. The molecule has 0 spiro atoms. The summed E-state index contributed by atoms with van der Waals surface area (Å²) in [5, 5.41) is 8.96. The van der Waals surface area contributed by atoms with Crippen LogP contribution in [-0.2, 0) is 9.53 Å². The number of hydrogen-bond acceptors (Lipinski definition) is 7. The number of halogens is 1. The number of nitrogens with one attached hydrogen (secondary N) is 3. The summed E-state index contributed by atoms with van der Waals surface area (Å²) < 4.78 is 5.20. The number of aliphatic imine (C=N–C) groups is 1. The minimum absolute atomic E-state index is 0. The Morgan fingerprint density at radius 3 is 2.30 bits per heavy atom. The number of amides is 2. The van der Waals surface area contributed by atoms with E-state index in [0.717, 1.165) is 0 Å². The molecule has 1 aliphatic heterocycles. The van der Waals surface area contributed by atoms with Crippen molar-refractivity contribution < 1.29 is 14.3 Å². The van der Waals surface area contributed by atoms with Crippen molar-refractivity contribution in [1.82, 2.24) is 30.8 Å². The van der Waals surface area contributed by atoms with E-state index in [-0.39, 0.29) is 29.9 Å². The first-order chi connectivity index (χ1) is 15.3. The van der Waals surface area contributed by atoms with Gasteiger partial charge in [0.05, 0.1) is 6.54 Å². The molecule has 0 aliphatic carbocycles. The molecule has 0 radical (unpaired) electrons. The summed E-state index contributed by atoms with van der Waals surface area (Å²) in [5.74, 6) is 1.40. The summed E-state index contributed by atoms with van der Waals surface area (Å²) in [6.45, 7) is 12.1. The maximum absolute atomic E-state index is 12.5. The Morgan fingerprint density at radius 2 is 1.70 bits per heavy atom. The molecular weight excluding hydrogens is 539 g/mol. The normalized spacial score (nSPS) is 14.2. The molecule has 1 aliphatic rings. The first-order valence-electron chi connectivity index (χ1n) is 11.1. The summed E-state index contributed by atoms with van der Waals surface area (Å²) in [6, 6.07) is 1.79. The fraction of sp³-hybridized carbons (Fsp3) is 0.667. The zero-order valence-corrected chi connectivity index (χ0v) is 22.3. The Hall–Kier alpha value is -2.38. The third-order valence-corrected chi connectivity index (χ3v) is 4.49.